The molecule has 4 N–H and O–H groups in total. The molecular weight excluding hydrogens is 208 g/mol. The SMILES string of the molecule is C=C(/C=C(/C)C(=C)N)C1=CC(C)=C(N)CC=C1. The molecule has 0 fully saturated rings. The second-order valence-electron chi connectivity index (χ2n) is 4.29. The third-order valence-electron chi connectivity index (χ3n) is 2.78. The first-order valence-electron chi connectivity index (χ1n) is 5.57. The average Bonchev–Trinajstić information content (AvgIpc) is 2.41. The molecule has 0 radical (unpaired) electrons. The molecule has 0 heterocycles. The van der Waals surface area contributed by atoms with Crippen molar-refractivity contribution in [2.45, 2.75) is 20.3 Å². The molecule has 90 valence electrons. The second-order valence-corrected chi connectivity index (χ2v) is 4.29. The summed E-state index contributed by atoms with van der Waals surface area (Å²) in [6, 6.07) is 0. The first kappa shape index (κ1) is 13.1. The molecule has 2 nitrogen and oxygen atoms in total. The van der Waals surface area contributed by atoms with E-state index in [4.69, 9.17) is 11.5 Å². The summed E-state index contributed by atoms with van der Waals surface area (Å²) in [5, 5.41) is 0. The summed E-state index contributed by atoms with van der Waals surface area (Å²) in [6.07, 6.45) is 8.85. The van der Waals surface area contributed by atoms with Crippen LogP contribution >= 0.6 is 0 Å². The van der Waals surface area contributed by atoms with Gasteiger partial charge in [0.2, 0.25) is 0 Å². The topological polar surface area (TPSA) is 52.0 Å². The predicted molar refractivity (Wildman–Crippen MR) is 75.0 cm³/mol. The Morgan fingerprint density at radius 3 is 2.65 bits per heavy atom. The fraction of sp³-hybridized carbons (Fsp3) is 0.200. The van der Waals surface area contributed by atoms with Crippen molar-refractivity contribution in [3.05, 3.63) is 71.1 Å². The lowest BCUT2D eigenvalue weighted by atomic mass is 10.0. The zero-order valence-electron chi connectivity index (χ0n) is 10.6. The molecular formula is C15H20N2. The van der Waals surface area contributed by atoms with Crippen LogP contribution in [0.5, 0.6) is 0 Å². The Balaban J connectivity index is 3.02. The summed E-state index contributed by atoms with van der Waals surface area (Å²) >= 11 is 0. The van der Waals surface area contributed by atoms with Crippen LogP contribution in [0.15, 0.2) is 71.1 Å². The van der Waals surface area contributed by atoms with E-state index >= 15 is 0 Å². The Morgan fingerprint density at radius 1 is 1.41 bits per heavy atom. The average molecular weight is 228 g/mol. The van der Waals surface area contributed by atoms with E-state index in [1.165, 1.54) is 0 Å². The van der Waals surface area contributed by atoms with Gasteiger partial charge in [0.25, 0.3) is 0 Å². The van der Waals surface area contributed by atoms with Gasteiger partial charge in [-0.3, -0.25) is 0 Å². The van der Waals surface area contributed by atoms with Crippen molar-refractivity contribution in [3.63, 3.8) is 0 Å². The smallest absolute Gasteiger partial charge is 0.0270 e. The third-order valence-corrected chi connectivity index (χ3v) is 2.78. The highest BCUT2D eigenvalue weighted by atomic mass is 14.6. The minimum absolute atomic E-state index is 0.566. The maximum Gasteiger partial charge on any atom is 0.0270 e. The molecule has 0 spiro atoms. The van der Waals surface area contributed by atoms with E-state index in [9.17, 15) is 0 Å². The van der Waals surface area contributed by atoms with Gasteiger partial charge in [0.05, 0.1) is 0 Å². The summed E-state index contributed by atoms with van der Waals surface area (Å²) in [5.41, 5.74) is 17.0. The van der Waals surface area contributed by atoms with Gasteiger partial charge < -0.3 is 11.5 Å². The Bertz CT molecular complexity index is 471. The molecule has 0 amide bonds. The fourth-order valence-electron chi connectivity index (χ4n) is 1.49. The molecule has 1 rings (SSSR count). The van der Waals surface area contributed by atoms with Gasteiger partial charge in [-0.1, -0.05) is 31.4 Å². The highest BCUT2D eigenvalue weighted by Crippen LogP contribution is 2.21. The largest absolute Gasteiger partial charge is 0.402 e. The highest BCUT2D eigenvalue weighted by Gasteiger charge is 2.04. The van der Waals surface area contributed by atoms with Crippen molar-refractivity contribution in [2.75, 3.05) is 0 Å². The van der Waals surface area contributed by atoms with Crippen LogP contribution in [0.1, 0.15) is 20.3 Å². The minimum atomic E-state index is 0.566. The molecule has 0 aromatic rings. The molecule has 0 atom stereocenters. The first-order chi connectivity index (χ1) is 7.91. The van der Waals surface area contributed by atoms with Crippen LogP contribution in [0.2, 0.25) is 0 Å². The van der Waals surface area contributed by atoms with E-state index < -0.39 is 0 Å². The molecule has 1 aliphatic rings. The van der Waals surface area contributed by atoms with E-state index in [-0.39, 0.29) is 0 Å². The molecule has 0 saturated heterocycles. The number of hydrogen-bond acceptors (Lipinski definition) is 2. The van der Waals surface area contributed by atoms with Crippen molar-refractivity contribution in [3.8, 4) is 0 Å². The van der Waals surface area contributed by atoms with Gasteiger partial charge in [-0.05, 0) is 42.2 Å². The number of rotatable bonds is 3. The van der Waals surface area contributed by atoms with Crippen molar-refractivity contribution in [1.29, 1.82) is 0 Å². The fourth-order valence-corrected chi connectivity index (χ4v) is 1.49. The van der Waals surface area contributed by atoms with Crippen LogP contribution in [0.25, 0.3) is 0 Å². The Hall–Kier alpha value is -1.96. The lowest BCUT2D eigenvalue weighted by Gasteiger charge is -2.05. The van der Waals surface area contributed by atoms with Crippen molar-refractivity contribution >= 4 is 0 Å². The lowest BCUT2D eigenvalue weighted by molar-refractivity contribution is 1.13. The number of allylic oxidation sites excluding steroid dienone is 8. The van der Waals surface area contributed by atoms with Crippen molar-refractivity contribution < 1.29 is 0 Å². The van der Waals surface area contributed by atoms with Gasteiger partial charge in [0.1, 0.15) is 0 Å². The van der Waals surface area contributed by atoms with Crippen LogP contribution in [-0.4, -0.2) is 0 Å². The second kappa shape index (κ2) is 5.39. The summed E-state index contributed by atoms with van der Waals surface area (Å²) < 4.78 is 0. The van der Waals surface area contributed by atoms with E-state index in [1.807, 2.05) is 38.2 Å². The van der Waals surface area contributed by atoms with Crippen molar-refractivity contribution in [2.24, 2.45) is 11.5 Å². The van der Waals surface area contributed by atoms with Gasteiger partial charge in [0, 0.05) is 17.8 Å². The zero-order valence-corrected chi connectivity index (χ0v) is 10.6. The minimum Gasteiger partial charge on any atom is -0.402 e. The van der Waals surface area contributed by atoms with Crippen LogP contribution in [-0.2, 0) is 0 Å². The molecule has 0 aromatic heterocycles. The monoisotopic (exact) mass is 228 g/mol. The summed E-state index contributed by atoms with van der Waals surface area (Å²) in [5.74, 6) is 0. The summed E-state index contributed by atoms with van der Waals surface area (Å²) in [4.78, 5) is 0. The number of nitrogens with two attached hydrogens (primary N) is 2. The van der Waals surface area contributed by atoms with Gasteiger partial charge >= 0.3 is 0 Å². The van der Waals surface area contributed by atoms with Crippen molar-refractivity contribution in [1.82, 2.24) is 0 Å². The first-order valence-corrected chi connectivity index (χ1v) is 5.57. The van der Waals surface area contributed by atoms with E-state index in [1.54, 1.807) is 0 Å². The molecule has 0 unspecified atom stereocenters. The third kappa shape index (κ3) is 3.52. The molecule has 0 bridgehead atoms. The van der Waals surface area contributed by atoms with Crippen LogP contribution in [0, 0.1) is 0 Å². The molecule has 2 heteroatoms. The predicted octanol–water partition coefficient (Wildman–Crippen LogP) is 3.08. The highest BCUT2D eigenvalue weighted by molar-refractivity contribution is 5.52. The summed E-state index contributed by atoms with van der Waals surface area (Å²) in [6.45, 7) is 11.7. The summed E-state index contributed by atoms with van der Waals surface area (Å²) in [7, 11) is 0. The van der Waals surface area contributed by atoms with Crippen LogP contribution < -0.4 is 11.5 Å². The van der Waals surface area contributed by atoms with Gasteiger partial charge in [0.15, 0.2) is 0 Å². The Morgan fingerprint density at radius 2 is 2.06 bits per heavy atom. The molecule has 17 heavy (non-hydrogen) atoms. The van der Waals surface area contributed by atoms with E-state index in [2.05, 4.69) is 13.2 Å². The van der Waals surface area contributed by atoms with Gasteiger partial charge in [-0.15, -0.1) is 0 Å². The van der Waals surface area contributed by atoms with Gasteiger partial charge in [-0.2, -0.15) is 0 Å². The molecule has 0 aliphatic heterocycles. The molecule has 0 aromatic carbocycles. The standard InChI is InChI=1S/C15H20N2/c1-10(13(4)16)8-11(2)14-6-5-7-15(17)12(3)9-14/h5-6,8-9H,2,4,7,16-17H2,1,3H3/b10-8-. The quantitative estimate of drug-likeness (QED) is 0.729. The molecule has 1 aliphatic carbocycles. The number of hydrogen-bond donors (Lipinski definition) is 2. The zero-order chi connectivity index (χ0) is 13.0. The van der Waals surface area contributed by atoms with Crippen LogP contribution in [0.3, 0.4) is 0 Å². The van der Waals surface area contributed by atoms with Gasteiger partial charge in [-0.25, -0.2) is 0 Å². The van der Waals surface area contributed by atoms with E-state index in [0.29, 0.717) is 5.70 Å². The van der Waals surface area contributed by atoms with Crippen LogP contribution in [0.4, 0.5) is 0 Å². The maximum atomic E-state index is 5.89. The maximum absolute atomic E-state index is 5.89. The Labute approximate surface area is 103 Å². The normalized spacial score (nSPS) is 16.6. The molecule has 0 saturated carbocycles. The Kier molecular flexibility index (Phi) is 4.16. The van der Waals surface area contributed by atoms with E-state index in [0.717, 1.165) is 34.4 Å². The lowest BCUT2D eigenvalue weighted by Crippen LogP contribution is -1.97.